The van der Waals surface area contributed by atoms with Crippen LogP contribution in [0.25, 0.3) is 11.3 Å². The molecule has 0 aliphatic heterocycles. The first kappa shape index (κ1) is 16.7. The molecule has 22 heavy (non-hydrogen) atoms. The van der Waals surface area contributed by atoms with Gasteiger partial charge in [0.05, 0.1) is 12.8 Å². The molecule has 0 saturated heterocycles. The number of hydrogen-bond acceptors (Lipinski definition) is 3. The van der Waals surface area contributed by atoms with Crippen molar-refractivity contribution in [3.8, 4) is 17.0 Å². The molecule has 4 nitrogen and oxygen atoms in total. The first-order valence-corrected chi connectivity index (χ1v) is 11.0. The van der Waals surface area contributed by atoms with Crippen LogP contribution >= 0.6 is 0 Å². The molecule has 0 saturated carbocycles. The molecule has 0 fully saturated rings. The zero-order chi connectivity index (χ0) is 16.2. The van der Waals surface area contributed by atoms with E-state index in [9.17, 15) is 4.39 Å². The minimum atomic E-state index is -1.07. The lowest BCUT2D eigenvalue weighted by atomic mass is 10.1. The van der Waals surface area contributed by atoms with Crippen LogP contribution in [-0.4, -0.2) is 31.6 Å². The predicted molar refractivity (Wildman–Crippen MR) is 88.3 cm³/mol. The van der Waals surface area contributed by atoms with Crippen molar-refractivity contribution >= 4 is 8.07 Å². The molecular weight excluding hydrogens is 299 g/mol. The third-order valence-electron chi connectivity index (χ3n) is 3.30. The molecule has 0 atom stereocenters. The summed E-state index contributed by atoms with van der Waals surface area (Å²) in [4.78, 5) is 0. The topological polar surface area (TPSA) is 36.3 Å². The van der Waals surface area contributed by atoms with Crippen LogP contribution in [0.1, 0.15) is 0 Å². The molecule has 0 spiro atoms. The van der Waals surface area contributed by atoms with Crippen molar-refractivity contribution in [1.29, 1.82) is 0 Å². The van der Waals surface area contributed by atoms with Gasteiger partial charge in [-0.15, -0.1) is 0 Å². The minimum Gasteiger partial charge on any atom is -0.496 e. The Balaban J connectivity index is 2.01. The van der Waals surface area contributed by atoms with Crippen molar-refractivity contribution in [2.75, 3.05) is 13.7 Å². The minimum absolute atomic E-state index is 0.309. The van der Waals surface area contributed by atoms with E-state index in [1.165, 1.54) is 12.1 Å². The fraction of sp³-hybridized carbons (Fsp3) is 0.438. The number of nitrogens with zero attached hydrogens (tertiary/aromatic N) is 2. The third-order valence-corrected chi connectivity index (χ3v) is 5.00. The van der Waals surface area contributed by atoms with Crippen LogP contribution in [0.15, 0.2) is 30.5 Å². The number of benzene rings is 1. The zero-order valence-corrected chi connectivity index (χ0v) is 14.6. The quantitative estimate of drug-likeness (QED) is 0.571. The largest absolute Gasteiger partial charge is 0.496 e. The zero-order valence-electron chi connectivity index (χ0n) is 13.6. The maximum atomic E-state index is 13.4. The summed E-state index contributed by atoms with van der Waals surface area (Å²) < 4.78 is 26.0. The number of methoxy groups -OCH3 is 1. The lowest BCUT2D eigenvalue weighted by Crippen LogP contribution is -2.22. The monoisotopic (exact) mass is 322 g/mol. The second-order valence-electron chi connectivity index (χ2n) is 6.43. The van der Waals surface area contributed by atoms with Crippen LogP contribution in [0.3, 0.4) is 0 Å². The van der Waals surface area contributed by atoms with Crippen molar-refractivity contribution < 1.29 is 13.9 Å². The van der Waals surface area contributed by atoms with Crippen LogP contribution in [0.2, 0.25) is 25.7 Å². The van der Waals surface area contributed by atoms with Gasteiger partial charge >= 0.3 is 0 Å². The Hall–Kier alpha value is -1.66. The Labute approximate surface area is 131 Å². The van der Waals surface area contributed by atoms with Gasteiger partial charge in [-0.1, -0.05) is 19.6 Å². The predicted octanol–water partition coefficient (Wildman–Crippen LogP) is 4.01. The Morgan fingerprint density at radius 2 is 2.00 bits per heavy atom. The molecule has 0 unspecified atom stereocenters. The van der Waals surface area contributed by atoms with Gasteiger partial charge in [0.15, 0.2) is 0 Å². The second-order valence-corrected chi connectivity index (χ2v) is 12.1. The van der Waals surface area contributed by atoms with Crippen LogP contribution in [0, 0.1) is 5.82 Å². The Bertz CT molecular complexity index is 623. The van der Waals surface area contributed by atoms with Crippen molar-refractivity contribution in [3.05, 3.63) is 36.3 Å². The summed E-state index contributed by atoms with van der Waals surface area (Å²) in [5.41, 5.74) is 1.31. The van der Waals surface area contributed by atoms with E-state index in [4.69, 9.17) is 9.47 Å². The molecule has 2 aromatic rings. The molecule has 1 aromatic heterocycles. The van der Waals surface area contributed by atoms with E-state index < -0.39 is 8.07 Å². The van der Waals surface area contributed by atoms with Crippen molar-refractivity contribution in [1.82, 2.24) is 9.78 Å². The van der Waals surface area contributed by atoms with Gasteiger partial charge in [-0.05, 0) is 30.3 Å². The fourth-order valence-corrected chi connectivity index (χ4v) is 2.75. The summed E-state index contributed by atoms with van der Waals surface area (Å²) in [6.07, 6.45) is 1.83. The van der Waals surface area contributed by atoms with E-state index in [-0.39, 0.29) is 5.82 Å². The molecule has 6 heteroatoms. The number of ether oxygens (including phenoxy) is 2. The fourth-order valence-electron chi connectivity index (χ4n) is 1.99. The molecule has 0 amide bonds. The first-order valence-electron chi connectivity index (χ1n) is 7.34. The lowest BCUT2D eigenvalue weighted by molar-refractivity contribution is 0.0787. The van der Waals surface area contributed by atoms with Crippen molar-refractivity contribution in [2.45, 2.75) is 32.4 Å². The van der Waals surface area contributed by atoms with Gasteiger partial charge in [0.1, 0.15) is 18.3 Å². The van der Waals surface area contributed by atoms with E-state index in [0.29, 0.717) is 23.7 Å². The molecular formula is C16H23FN2O2Si. The Morgan fingerprint density at radius 3 is 2.68 bits per heavy atom. The van der Waals surface area contributed by atoms with Gasteiger partial charge in [0.25, 0.3) is 0 Å². The Kier molecular flexibility index (Phi) is 5.36. The maximum Gasteiger partial charge on any atom is 0.139 e. The average Bonchev–Trinajstić information content (AvgIpc) is 2.91. The van der Waals surface area contributed by atoms with Crippen LogP contribution < -0.4 is 4.74 Å². The highest BCUT2D eigenvalue weighted by atomic mass is 28.3. The van der Waals surface area contributed by atoms with Gasteiger partial charge < -0.3 is 9.47 Å². The van der Waals surface area contributed by atoms with E-state index >= 15 is 0 Å². The van der Waals surface area contributed by atoms with Gasteiger partial charge in [-0.25, -0.2) is 9.07 Å². The lowest BCUT2D eigenvalue weighted by Gasteiger charge is -2.15. The maximum absolute atomic E-state index is 13.4. The molecule has 0 bridgehead atoms. The van der Waals surface area contributed by atoms with Gasteiger partial charge in [0.2, 0.25) is 0 Å². The van der Waals surface area contributed by atoms with E-state index in [1.54, 1.807) is 17.9 Å². The van der Waals surface area contributed by atoms with E-state index in [0.717, 1.165) is 12.7 Å². The summed E-state index contributed by atoms with van der Waals surface area (Å²) in [5.74, 6) is 0.294. The number of halogens is 1. The molecule has 1 heterocycles. The summed E-state index contributed by atoms with van der Waals surface area (Å²) >= 11 is 0. The molecule has 0 aliphatic carbocycles. The van der Waals surface area contributed by atoms with Gasteiger partial charge in [-0.3, -0.25) is 0 Å². The van der Waals surface area contributed by atoms with Crippen molar-refractivity contribution in [2.24, 2.45) is 0 Å². The SMILES string of the molecule is COc1ccc(F)cc1-c1ccn(COCC[Si](C)(C)C)n1. The smallest absolute Gasteiger partial charge is 0.139 e. The number of rotatable bonds is 7. The van der Waals surface area contributed by atoms with Gasteiger partial charge in [-0.2, -0.15) is 5.10 Å². The highest BCUT2D eigenvalue weighted by Gasteiger charge is 2.13. The summed E-state index contributed by atoms with van der Waals surface area (Å²) in [7, 11) is 0.488. The molecule has 0 N–H and O–H groups in total. The van der Waals surface area contributed by atoms with Crippen LogP contribution in [0.4, 0.5) is 4.39 Å². The third kappa shape index (κ3) is 4.67. The van der Waals surface area contributed by atoms with E-state index in [2.05, 4.69) is 24.7 Å². The molecule has 2 rings (SSSR count). The number of aromatic nitrogens is 2. The van der Waals surface area contributed by atoms with Crippen LogP contribution in [0.5, 0.6) is 5.75 Å². The molecule has 0 radical (unpaired) electrons. The summed E-state index contributed by atoms with van der Waals surface area (Å²) in [6.45, 7) is 8.10. The number of hydrogen-bond donors (Lipinski definition) is 0. The summed E-state index contributed by atoms with van der Waals surface area (Å²) in [6, 6.07) is 7.36. The Morgan fingerprint density at radius 1 is 1.23 bits per heavy atom. The normalized spacial score (nSPS) is 11.7. The second kappa shape index (κ2) is 7.06. The van der Waals surface area contributed by atoms with E-state index in [1.807, 2.05) is 12.3 Å². The van der Waals surface area contributed by atoms with Gasteiger partial charge in [0, 0.05) is 26.4 Å². The molecule has 120 valence electrons. The summed E-state index contributed by atoms with van der Waals surface area (Å²) in [5, 5.41) is 4.42. The van der Waals surface area contributed by atoms with Crippen molar-refractivity contribution in [3.63, 3.8) is 0 Å². The standard InChI is InChI=1S/C16H23FN2O2Si/c1-20-16-6-5-13(17)11-14(16)15-7-8-19(18-15)12-21-9-10-22(2,3)4/h5-8,11H,9-10,12H2,1-4H3. The molecule has 0 aliphatic rings. The highest BCUT2D eigenvalue weighted by molar-refractivity contribution is 6.76. The average molecular weight is 322 g/mol. The molecule has 1 aromatic carbocycles. The first-order chi connectivity index (χ1) is 10.4. The highest BCUT2D eigenvalue weighted by Crippen LogP contribution is 2.29. The van der Waals surface area contributed by atoms with Crippen LogP contribution in [-0.2, 0) is 11.5 Å².